The summed E-state index contributed by atoms with van der Waals surface area (Å²) < 4.78 is 6.87. The first-order valence-electron chi connectivity index (χ1n) is 5.02. The summed E-state index contributed by atoms with van der Waals surface area (Å²) in [5, 5.41) is 0. The molecular formula is C10H13BrN2OS. The van der Waals surface area contributed by atoms with E-state index in [-0.39, 0.29) is 0 Å². The Kier molecular flexibility index (Phi) is 3.53. The van der Waals surface area contributed by atoms with Crippen molar-refractivity contribution in [3.8, 4) is 0 Å². The van der Waals surface area contributed by atoms with Crippen molar-refractivity contribution in [2.45, 2.75) is 25.7 Å². The van der Waals surface area contributed by atoms with Crippen molar-refractivity contribution in [1.29, 1.82) is 0 Å². The molecule has 1 aliphatic rings. The maximum absolute atomic E-state index is 5.33. The Morgan fingerprint density at radius 2 is 2.13 bits per heavy atom. The van der Waals surface area contributed by atoms with E-state index in [0.717, 1.165) is 42.0 Å². The number of hydrogen-bond acceptors (Lipinski definition) is 3. The quantitative estimate of drug-likeness (QED) is 0.807. The lowest BCUT2D eigenvalue weighted by Crippen LogP contribution is -2.16. The van der Waals surface area contributed by atoms with Gasteiger partial charge >= 0.3 is 0 Å². The van der Waals surface area contributed by atoms with E-state index in [0.29, 0.717) is 10.6 Å². The fraction of sp³-hybridized carbons (Fsp3) is 0.600. The molecule has 1 aliphatic heterocycles. The van der Waals surface area contributed by atoms with Crippen LogP contribution in [0, 0.1) is 11.6 Å². The zero-order valence-corrected chi connectivity index (χ0v) is 10.9. The highest BCUT2D eigenvalue weighted by Crippen LogP contribution is 2.25. The lowest BCUT2D eigenvalue weighted by Gasteiger charge is -2.21. The molecule has 1 fully saturated rings. The second kappa shape index (κ2) is 4.72. The van der Waals surface area contributed by atoms with Gasteiger partial charge in [-0.05, 0) is 35.7 Å². The van der Waals surface area contributed by atoms with E-state index in [9.17, 15) is 0 Å². The molecule has 1 aromatic rings. The number of nitrogens with one attached hydrogen (secondary N) is 1. The van der Waals surface area contributed by atoms with E-state index in [1.165, 1.54) is 0 Å². The molecule has 0 aliphatic carbocycles. The highest BCUT2D eigenvalue weighted by atomic mass is 79.9. The number of aromatic nitrogens is 2. The van der Waals surface area contributed by atoms with Gasteiger partial charge in [-0.15, -0.1) is 0 Å². The van der Waals surface area contributed by atoms with Crippen LogP contribution in [0.25, 0.3) is 0 Å². The van der Waals surface area contributed by atoms with E-state index in [1.54, 1.807) is 0 Å². The van der Waals surface area contributed by atoms with Gasteiger partial charge in [-0.3, -0.25) is 0 Å². The van der Waals surface area contributed by atoms with Crippen LogP contribution in [0.1, 0.15) is 30.3 Å². The summed E-state index contributed by atoms with van der Waals surface area (Å²) in [5.74, 6) is 1.47. The van der Waals surface area contributed by atoms with Gasteiger partial charge < -0.3 is 9.72 Å². The number of rotatable bonds is 1. The highest BCUT2D eigenvalue weighted by molar-refractivity contribution is 9.10. The first-order chi connectivity index (χ1) is 7.18. The SMILES string of the molecule is Cc1[nH]c(C2CCOCC2)nc(=S)c1Br. The second-order valence-corrected chi connectivity index (χ2v) is 4.93. The van der Waals surface area contributed by atoms with Crippen molar-refractivity contribution in [3.05, 3.63) is 20.6 Å². The van der Waals surface area contributed by atoms with Crippen molar-refractivity contribution in [2.75, 3.05) is 13.2 Å². The number of halogens is 1. The summed E-state index contributed by atoms with van der Waals surface area (Å²) in [5.41, 5.74) is 1.05. The fourth-order valence-corrected chi connectivity index (χ4v) is 2.20. The van der Waals surface area contributed by atoms with Gasteiger partial charge in [-0.2, -0.15) is 0 Å². The third kappa shape index (κ3) is 2.46. The van der Waals surface area contributed by atoms with Gasteiger partial charge in [0.2, 0.25) is 0 Å². The predicted octanol–water partition coefficient (Wildman–Crippen LogP) is 3.10. The van der Waals surface area contributed by atoms with Crippen LogP contribution in [0.3, 0.4) is 0 Å². The number of aromatic amines is 1. The Labute approximate surface area is 102 Å². The molecule has 0 bridgehead atoms. The van der Waals surface area contributed by atoms with Crippen molar-refractivity contribution in [3.63, 3.8) is 0 Å². The van der Waals surface area contributed by atoms with Crippen molar-refractivity contribution in [1.82, 2.24) is 9.97 Å². The summed E-state index contributed by atoms with van der Waals surface area (Å²) in [7, 11) is 0. The normalized spacial score (nSPS) is 18.0. The summed E-state index contributed by atoms with van der Waals surface area (Å²) >= 11 is 8.60. The molecule has 1 N–H and O–H groups in total. The molecule has 82 valence electrons. The Morgan fingerprint density at radius 3 is 2.73 bits per heavy atom. The standard InChI is InChI=1S/C10H13BrN2OS/c1-6-8(11)10(15)13-9(12-6)7-2-4-14-5-3-7/h7H,2-5H2,1H3,(H,12,13,15). The Bertz CT molecular complexity index is 412. The maximum Gasteiger partial charge on any atom is 0.144 e. The predicted molar refractivity (Wildman–Crippen MR) is 64.7 cm³/mol. The molecule has 1 aromatic heterocycles. The molecular weight excluding hydrogens is 276 g/mol. The third-order valence-electron chi connectivity index (χ3n) is 2.66. The van der Waals surface area contributed by atoms with E-state index in [4.69, 9.17) is 17.0 Å². The summed E-state index contributed by atoms with van der Waals surface area (Å²) in [6, 6.07) is 0. The molecule has 0 aromatic carbocycles. The minimum absolute atomic E-state index is 0.465. The summed E-state index contributed by atoms with van der Waals surface area (Å²) in [6.07, 6.45) is 2.05. The van der Waals surface area contributed by atoms with Crippen LogP contribution in [0.5, 0.6) is 0 Å². The van der Waals surface area contributed by atoms with Crippen LogP contribution in [0.15, 0.2) is 4.47 Å². The van der Waals surface area contributed by atoms with Crippen LogP contribution in [0.4, 0.5) is 0 Å². The van der Waals surface area contributed by atoms with Gasteiger partial charge in [0.15, 0.2) is 0 Å². The molecule has 0 saturated carbocycles. The molecule has 0 radical (unpaired) electrons. The minimum Gasteiger partial charge on any atom is -0.381 e. The number of aryl methyl sites for hydroxylation is 1. The lowest BCUT2D eigenvalue weighted by molar-refractivity contribution is 0.0835. The van der Waals surface area contributed by atoms with E-state index in [2.05, 4.69) is 25.9 Å². The fourth-order valence-electron chi connectivity index (χ4n) is 1.76. The first kappa shape index (κ1) is 11.2. The molecule has 5 heteroatoms. The zero-order valence-electron chi connectivity index (χ0n) is 8.55. The molecule has 0 spiro atoms. The van der Waals surface area contributed by atoms with Gasteiger partial charge in [0.05, 0.1) is 4.47 Å². The van der Waals surface area contributed by atoms with Crippen LogP contribution in [-0.4, -0.2) is 23.2 Å². The van der Waals surface area contributed by atoms with Crippen LogP contribution >= 0.6 is 28.1 Å². The maximum atomic E-state index is 5.33. The van der Waals surface area contributed by atoms with Crippen molar-refractivity contribution >= 4 is 28.1 Å². The lowest BCUT2D eigenvalue weighted by atomic mass is 9.99. The summed E-state index contributed by atoms with van der Waals surface area (Å²) in [4.78, 5) is 7.72. The van der Waals surface area contributed by atoms with Crippen molar-refractivity contribution in [2.24, 2.45) is 0 Å². The molecule has 0 atom stereocenters. The number of H-pyrrole nitrogens is 1. The molecule has 2 heterocycles. The van der Waals surface area contributed by atoms with Gasteiger partial charge in [0.1, 0.15) is 10.5 Å². The molecule has 3 nitrogen and oxygen atoms in total. The van der Waals surface area contributed by atoms with Gasteiger partial charge in [0.25, 0.3) is 0 Å². The Balaban J connectivity index is 2.32. The highest BCUT2D eigenvalue weighted by Gasteiger charge is 2.18. The average molecular weight is 289 g/mol. The van der Waals surface area contributed by atoms with Gasteiger partial charge in [0, 0.05) is 24.8 Å². The molecule has 2 rings (SSSR count). The van der Waals surface area contributed by atoms with E-state index in [1.807, 2.05) is 6.92 Å². The number of ether oxygens (including phenoxy) is 1. The monoisotopic (exact) mass is 288 g/mol. The van der Waals surface area contributed by atoms with Crippen molar-refractivity contribution < 1.29 is 4.74 Å². The summed E-state index contributed by atoms with van der Waals surface area (Å²) in [6.45, 7) is 3.65. The minimum atomic E-state index is 0.465. The Hall–Kier alpha value is -0.260. The van der Waals surface area contributed by atoms with Gasteiger partial charge in [-0.25, -0.2) is 4.98 Å². The van der Waals surface area contributed by atoms with Crippen LogP contribution in [-0.2, 0) is 4.74 Å². The van der Waals surface area contributed by atoms with E-state index < -0.39 is 0 Å². The van der Waals surface area contributed by atoms with E-state index >= 15 is 0 Å². The third-order valence-corrected chi connectivity index (χ3v) is 4.19. The molecule has 0 unspecified atom stereocenters. The smallest absolute Gasteiger partial charge is 0.144 e. The molecule has 0 amide bonds. The van der Waals surface area contributed by atoms with Crippen LogP contribution < -0.4 is 0 Å². The van der Waals surface area contributed by atoms with Gasteiger partial charge in [-0.1, -0.05) is 12.2 Å². The topological polar surface area (TPSA) is 37.9 Å². The largest absolute Gasteiger partial charge is 0.381 e. The Morgan fingerprint density at radius 1 is 1.47 bits per heavy atom. The zero-order chi connectivity index (χ0) is 10.8. The second-order valence-electron chi connectivity index (χ2n) is 3.75. The average Bonchev–Trinajstić information content (AvgIpc) is 2.26. The molecule has 15 heavy (non-hydrogen) atoms. The van der Waals surface area contributed by atoms with Crippen LogP contribution in [0.2, 0.25) is 0 Å². The number of hydrogen-bond donors (Lipinski definition) is 1. The molecule has 1 saturated heterocycles. The number of nitrogens with zero attached hydrogens (tertiary/aromatic N) is 1. The first-order valence-corrected chi connectivity index (χ1v) is 6.22.